The second-order valence-corrected chi connectivity index (χ2v) is 7.20. The lowest BCUT2D eigenvalue weighted by Crippen LogP contribution is -2.37. The SMILES string of the molecule is Cn1c(-c2ccc(O)cc2)nc2cc3c(cc21)N(CCO)C(=O)C3(C)C. The molecule has 0 bridgehead atoms. The number of anilines is 1. The fourth-order valence-electron chi connectivity index (χ4n) is 3.70. The van der Waals surface area contributed by atoms with Crippen molar-refractivity contribution in [1.82, 2.24) is 9.55 Å². The highest BCUT2D eigenvalue weighted by Crippen LogP contribution is 2.43. The molecule has 134 valence electrons. The Morgan fingerprint density at radius 1 is 1.15 bits per heavy atom. The van der Waals surface area contributed by atoms with Crippen molar-refractivity contribution in [3.63, 3.8) is 0 Å². The number of fused-ring (bicyclic) bond motifs is 2. The fraction of sp³-hybridized carbons (Fsp3) is 0.300. The number of hydrogen-bond acceptors (Lipinski definition) is 4. The third kappa shape index (κ3) is 2.22. The maximum absolute atomic E-state index is 12.7. The summed E-state index contributed by atoms with van der Waals surface area (Å²) in [5.74, 6) is 1.00. The summed E-state index contributed by atoms with van der Waals surface area (Å²) in [6.45, 7) is 4.01. The van der Waals surface area contributed by atoms with Crippen molar-refractivity contribution in [3.05, 3.63) is 42.0 Å². The van der Waals surface area contributed by atoms with E-state index in [1.54, 1.807) is 17.0 Å². The van der Waals surface area contributed by atoms with Gasteiger partial charge in [0, 0.05) is 19.2 Å². The molecule has 0 saturated carbocycles. The number of carbonyl (C=O) groups is 1. The molecule has 3 aromatic rings. The van der Waals surface area contributed by atoms with Gasteiger partial charge in [0.2, 0.25) is 5.91 Å². The molecule has 1 aromatic heterocycles. The molecule has 2 N–H and O–H groups in total. The molecule has 2 aromatic carbocycles. The van der Waals surface area contributed by atoms with Gasteiger partial charge in [0.05, 0.1) is 28.7 Å². The number of carbonyl (C=O) groups excluding carboxylic acids is 1. The normalized spacial score (nSPS) is 15.7. The van der Waals surface area contributed by atoms with Gasteiger partial charge in [-0.1, -0.05) is 0 Å². The summed E-state index contributed by atoms with van der Waals surface area (Å²) in [4.78, 5) is 19.2. The summed E-state index contributed by atoms with van der Waals surface area (Å²) in [6.07, 6.45) is 0. The lowest BCUT2D eigenvalue weighted by Gasteiger charge is -2.19. The Morgan fingerprint density at radius 3 is 2.50 bits per heavy atom. The van der Waals surface area contributed by atoms with Gasteiger partial charge in [-0.3, -0.25) is 4.79 Å². The van der Waals surface area contributed by atoms with Crippen LogP contribution in [0.15, 0.2) is 36.4 Å². The molecule has 2 heterocycles. The van der Waals surface area contributed by atoms with E-state index in [0.717, 1.165) is 33.7 Å². The maximum atomic E-state index is 12.7. The number of hydrogen-bond donors (Lipinski definition) is 2. The van der Waals surface area contributed by atoms with Crippen LogP contribution in [-0.4, -0.2) is 38.8 Å². The van der Waals surface area contributed by atoms with Gasteiger partial charge in [-0.25, -0.2) is 4.98 Å². The fourth-order valence-corrected chi connectivity index (χ4v) is 3.70. The summed E-state index contributed by atoms with van der Waals surface area (Å²) in [7, 11) is 1.93. The van der Waals surface area contributed by atoms with Crippen molar-refractivity contribution in [2.45, 2.75) is 19.3 Å². The quantitative estimate of drug-likeness (QED) is 0.760. The predicted molar refractivity (Wildman–Crippen MR) is 100 cm³/mol. The summed E-state index contributed by atoms with van der Waals surface area (Å²) >= 11 is 0. The second-order valence-electron chi connectivity index (χ2n) is 7.20. The molecular formula is C20H21N3O3. The molecule has 1 aliphatic heterocycles. The highest BCUT2D eigenvalue weighted by Gasteiger charge is 2.44. The Kier molecular flexibility index (Phi) is 3.56. The largest absolute Gasteiger partial charge is 0.508 e. The maximum Gasteiger partial charge on any atom is 0.237 e. The van der Waals surface area contributed by atoms with Crippen molar-refractivity contribution in [3.8, 4) is 17.1 Å². The average Bonchev–Trinajstić information content (AvgIpc) is 3.03. The molecule has 0 fully saturated rings. The van der Waals surface area contributed by atoms with Crippen LogP contribution in [0.3, 0.4) is 0 Å². The van der Waals surface area contributed by atoms with Crippen molar-refractivity contribution in [1.29, 1.82) is 0 Å². The minimum absolute atomic E-state index is 0.00406. The van der Waals surface area contributed by atoms with E-state index in [-0.39, 0.29) is 24.8 Å². The number of benzene rings is 2. The number of rotatable bonds is 3. The highest BCUT2D eigenvalue weighted by molar-refractivity contribution is 6.09. The van der Waals surface area contributed by atoms with E-state index in [1.165, 1.54) is 0 Å². The van der Waals surface area contributed by atoms with Crippen LogP contribution in [0, 0.1) is 0 Å². The number of amides is 1. The predicted octanol–water partition coefficient (Wildman–Crippen LogP) is 2.56. The number of aromatic hydroxyl groups is 1. The average molecular weight is 351 g/mol. The molecule has 1 aliphatic rings. The van der Waals surface area contributed by atoms with Gasteiger partial charge in [-0.2, -0.15) is 0 Å². The molecular weight excluding hydrogens is 330 g/mol. The molecule has 6 heteroatoms. The number of aromatic nitrogens is 2. The van der Waals surface area contributed by atoms with E-state index in [0.29, 0.717) is 0 Å². The minimum atomic E-state index is -0.644. The van der Waals surface area contributed by atoms with Crippen molar-refractivity contribution < 1.29 is 15.0 Å². The van der Waals surface area contributed by atoms with Gasteiger partial charge in [0.1, 0.15) is 11.6 Å². The van der Waals surface area contributed by atoms with Crippen molar-refractivity contribution in [2.24, 2.45) is 7.05 Å². The van der Waals surface area contributed by atoms with Gasteiger partial charge in [0.25, 0.3) is 0 Å². The number of imidazole rings is 1. The van der Waals surface area contributed by atoms with Crippen LogP contribution >= 0.6 is 0 Å². The first-order valence-electron chi connectivity index (χ1n) is 8.58. The Labute approximate surface area is 151 Å². The summed E-state index contributed by atoms with van der Waals surface area (Å²) in [5, 5.41) is 18.9. The number of phenols is 1. The van der Waals surface area contributed by atoms with Crippen molar-refractivity contribution >= 4 is 22.6 Å². The molecule has 0 radical (unpaired) electrons. The van der Waals surface area contributed by atoms with E-state index in [2.05, 4.69) is 0 Å². The molecule has 0 aliphatic carbocycles. The van der Waals surface area contributed by atoms with Crippen LogP contribution < -0.4 is 4.90 Å². The van der Waals surface area contributed by atoms with E-state index in [4.69, 9.17) is 4.98 Å². The van der Waals surface area contributed by atoms with Gasteiger partial charge >= 0.3 is 0 Å². The Morgan fingerprint density at radius 2 is 1.85 bits per heavy atom. The summed E-state index contributed by atoms with van der Waals surface area (Å²) in [6, 6.07) is 10.9. The molecule has 4 rings (SSSR count). The van der Waals surface area contributed by atoms with Gasteiger partial charge in [-0.05, 0) is 55.8 Å². The van der Waals surface area contributed by atoms with Crippen LogP contribution in [0.4, 0.5) is 5.69 Å². The molecule has 0 saturated heterocycles. The van der Waals surface area contributed by atoms with E-state index in [9.17, 15) is 15.0 Å². The molecule has 0 unspecified atom stereocenters. The smallest absolute Gasteiger partial charge is 0.237 e. The molecule has 1 amide bonds. The lowest BCUT2D eigenvalue weighted by atomic mass is 9.86. The zero-order valence-electron chi connectivity index (χ0n) is 15.0. The number of aryl methyl sites for hydroxylation is 1. The number of nitrogens with zero attached hydrogens (tertiary/aromatic N) is 3. The van der Waals surface area contributed by atoms with Gasteiger partial charge in [-0.15, -0.1) is 0 Å². The highest BCUT2D eigenvalue weighted by atomic mass is 16.3. The number of phenolic OH excluding ortho intramolecular Hbond substituents is 1. The monoisotopic (exact) mass is 351 g/mol. The first-order chi connectivity index (χ1) is 12.3. The van der Waals surface area contributed by atoms with Crippen LogP contribution in [0.2, 0.25) is 0 Å². The third-order valence-electron chi connectivity index (χ3n) is 5.19. The molecule has 6 nitrogen and oxygen atoms in total. The second kappa shape index (κ2) is 5.57. The van der Waals surface area contributed by atoms with E-state index in [1.807, 2.05) is 49.7 Å². The lowest BCUT2D eigenvalue weighted by molar-refractivity contribution is -0.122. The zero-order chi connectivity index (χ0) is 18.6. The zero-order valence-corrected chi connectivity index (χ0v) is 15.0. The minimum Gasteiger partial charge on any atom is -0.508 e. The summed E-state index contributed by atoms with van der Waals surface area (Å²) < 4.78 is 1.98. The Balaban J connectivity index is 1.92. The molecule has 0 atom stereocenters. The van der Waals surface area contributed by atoms with Crippen molar-refractivity contribution in [2.75, 3.05) is 18.1 Å². The van der Waals surface area contributed by atoms with E-state index < -0.39 is 5.41 Å². The standard InChI is InChI=1S/C20H21N3O3/c1-20(2)14-10-15-17(11-16(14)23(8-9-24)19(20)26)22(3)18(21-15)12-4-6-13(25)7-5-12/h4-7,10-11,24-25H,8-9H2,1-3H3. The van der Waals surface area contributed by atoms with Crippen LogP contribution in [0.5, 0.6) is 5.75 Å². The topological polar surface area (TPSA) is 78.6 Å². The third-order valence-corrected chi connectivity index (χ3v) is 5.19. The van der Waals surface area contributed by atoms with Crippen LogP contribution in [0.25, 0.3) is 22.4 Å². The van der Waals surface area contributed by atoms with Gasteiger partial charge < -0.3 is 19.7 Å². The molecule has 26 heavy (non-hydrogen) atoms. The molecule has 0 spiro atoms. The number of β-amino-alcohol motifs (C(OH)–C–C–N with tert-alkyl or cyclic N) is 1. The Hall–Kier alpha value is -2.86. The summed E-state index contributed by atoms with van der Waals surface area (Å²) in [5.41, 5.74) is 3.76. The van der Waals surface area contributed by atoms with Gasteiger partial charge in [0.15, 0.2) is 0 Å². The number of aliphatic hydroxyl groups is 1. The Bertz CT molecular complexity index is 1020. The van der Waals surface area contributed by atoms with Crippen LogP contribution in [-0.2, 0) is 17.3 Å². The first kappa shape index (κ1) is 16.6. The van der Waals surface area contributed by atoms with Crippen LogP contribution in [0.1, 0.15) is 19.4 Å². The first-order valence-corrected chi connectivity index (χ1v) is 8.58. The number of aliphatic hydroxyl groups excluding tert-OH is 1. The van der Waals surface area contributed by atoms with E-state index >= 15 is 0 Å².